The Labute approximate surface area is 151 Å². The summed E-state index contributed by atoms with van der Waals surface area (Å²) in [5, 5.41) is 15.1. The lowest BCUT2D eigenvalue weighted by Gasteiger charge is -2.21. The molecule has 5 nitrogen and oxygen atoms in total. The molecule has 5 heteroatoms. The zero-order valence-electron chi connectivity index (χ0n) is 14.4. The van der Waals surface area contributed by atoms with Gasteiger partial charge in [-0.15, -0.1) is 0 Å². The number of fused-ring (bicyclic) bond motifs is 2. The Morgan fingerprint density at radius 2 is 1.62 bits per heavy atom. The van der Waals surface area contributed by atoms with E-state index in [1.165, 1.54) is 0 Å². The van der Waals surface area contributed by atoms with E-state index in [0.29, 0.717) is 5.56 Å². The third-order valence-electron chi connectivity index (χ3n) is 4.57. The maximum absolute atomic E-state index is 13.1. The topological polar surface area (TPSA) is 96.0 Å². The van der Waals surface area contributed by atoms with E-state index in [-0.39, 0.29) is 18.2 Å². The van der Waals surface area contributed by atoms with Crippen molar-refractivity contribution in [3.8, 4) is 6.07 Å². The lowest BCUT2D eigenvalue weighted by molar-refractivity contribution is -0.120. The van der Waals surface area contributed by atoms with E-state index in [0.717, 1.165) is 21.5 Å². The summed E-state index contributed by atoms with van der Waals surface area (Å²) in [6, 6.07) is 18.4. The number of nitrogens with zero attached hydrogens (tertiary/aromatic N) is 1. The van der Waals surface area contributed by atoms with Crippen LogP contribution in [0.4, 0.5) is 0 Å². The van der Waals surface area contributed by atoms with Crippen LogP contribution in [0.25, 0.3) is 21.5 Å². The van der Waals surface area contributed by atoms with Gasteiger partial charge in [-0.3, -0.25) is 9.59 Å². The number of nitriles is 1. The van der Waals surface area contributed by atoms with Crippen LogP contribution >= 0.6 is 0 Å². The molecule has 0 heterocycles. The molecule has 2 amide bonds. The summed E-state index contributed by atoms with van der Waals surface area (Å²) in [6.45, 7) is 1.72. The quantitative estimate of drug-likeness (QED) is 0.695. The standard InChI is InChI=1S/C21H19N3O2/c1-13(10-11-22)19(20(23)25)24-21(26)18-16-8-4-2-6-14(16)12-15-7-3-5-9-17(15)18/h2-9,12-13,19H,10H2,1H3,(H2,23,25)(H,24,26)/t13-,19+/m1/s1. The van der Waals surface area contributed by atoms with Gasteiger partial charge in [-0.1, -0.05) is 55.5 Å². The maximum Gasteiger partial charge on any atom is 0.253 e. The fourth-order valence-corrected chi connectivity index (χ4v) is 3.23. The van der Waals surface area contributed by atoms with Gasteiger partial charge in [0, 0.05) is 6.42 Å². The molecule has 0 saturated carbocycles. The van der Waals surface area contributed by atoms with Crippen LogP contribution in [0.3, 0.4) is 0 Å². The van der Waals surface area contributed by atoms with Gasteiger partial charge < -0.3 is 11.1 Å². The number of benzene rings is 3. The van der Waals surface area contributed by atoms with E-state index in [2.05, 4.69) is 5.32 Å². The van der Waals surface area contributed by atoms with Crippen LogP contribution in [0, 0.1) is 17.2 Å². The van der Waals surface area contributed by atoms with Gasteiger partial charge in [0.2, 0.25) is 5.91 Å². The Hall–Kier alpha value is -3.39. The predicted octanol–water partition coefficient (Wildman–Crippen LogP) is 3.13. The van der Waals surface area contributed by atoms with Crippen LogP contribution in [0.2, 0.25) is 0 Å². The van der Waals surface area contributed by atoms with E-state index in [1.54, 1.807) is 6.92 Å². The Bertz CT molecular complexity index is 982. The highest BCUT2D eigenvalue weighted by molar-refractivity contribution is 6.18. The lowest BCUT2D eigenvalue weighted by Crippen LogP contribution is -2.48. The SMILES string of the molecule is C[C@H](CC#N)[C@H](NC(=O)c1c2ccccc2cc2ccccc12)C(N)=O. The molecule has 0 aliphatic rings. The molecule has 3 aromatic carbocycles. The predicted molar refractivity (Wildman–Crippen MR) is 101 cm³/mol. The minimum Gasteiger partial charge on any atom is -0.368 e. The molecule has 0 unspecified atom stereocenters. The Kier molecular flexibility index (Phi) is 4.85. The summed E-state index contributed by atoms with van der Waals surface area (Å²) in [6.07, 6.45) is 0.129. The summed E-state index contributed by atoms with van der Waals surface area (Å²) in [5.74, 6) is -1.39. The molecule has 0 spiro atoms. The second-order valence-corrected chi connectivity index (χ2v) is 6.39. The van der Waals surface area contributed by atoms with Gasteiger partial charge >= 0.3 is 0 Å². The summed E-state index contributed by atoms with van der Waals surface area (Å²) < 4.78 is 0. The number of hydrogen-bond donors (Lipinski definition) is 2. The number of amides is 2. The number of carbonyl (C=O) groups is 2. The van der Waals surface area contributed by atoms with Crippen LogP contribution in [-0.4, -0.2) is 17.9 Å². The third kappa shape index (κ3) is 3.22. The van der Waals surface area contributed by atoms with Crippen molar-refractivity contribution in [3.63, 3.8) is 0 Å². The Morgan fingerprint density at radius 1 is 1.08 bits per heavy atom. The fraction of sp³-hybridized carbons (Fsp3) is 0.190. The summed E-state index contributed by atoms with van der Waals surface area (Å²) >= 11 is 0. The first kappa shape index (κ1) is 17.4. The molecular weight excluding hydrogens is 326 g/mol. The van der Waals surface area contributed by atoms with Gasteiger partial charge in [-0.25, -0.2) is 0 Å². The number of nitrogens with one attached hydrogen (secondary N) is 1. The average Bonchev–Trinajstić information content (AvgIpc) is 2.63. The molecule has 0 fully saturated rings. The van der Waals surface area contributed by atoms with Crippen LogP contribution in [0.15, 0.2) is 54.6 Å². The second-order valence-electron chi connectivity index (χ2n) is 6.39. The smallest absolute Gasteiger partial charge is 0.253 e. The first-order chi connectivity index (χ1) is 12.5. The van der Waals surface area contributed by atoms with Gasteiger partial charge in [-0.2, -0.15) is 5.26 Å². The van der Waals surface area contributed by atoms with Crippen molar-refractivity contribution in [3.05, 3.63) is 60.2 Å². The first-order valence-electron chi connectivity index (χ1n) is 8.40. The Balaban J connectivity index is 2.12. The van der Waals surface area contributed by atoms with Crippen LogP contribution in [0.1, 0.15) is 23.7 Å². The largest absolute Gasteiger partial charge is 0.368 e. The summed E-state index contributed by atoms with van der Waals surface area (Å²) in [5.41, 5.74) is 5.96. The van der Waals surface area contributed by atoms with Crippen molar-refractivity contribution in [2.75, 3.05) is 0 Å². The molecule has 3 aromatic rings. The molecule has 0 aromatic heterocycles. The minimum absolute atomic E-state index is 0.129. The van der Waals surface area contributed by atoms with Gasteiger partial charge in [0.15, 0.2) is 0 Å². The van der Waals surface area contributed by atoms with Crippen molar-refractivity contribution in [2.45, 2.75) is 19.4 Å². The van der Waals surface area contributed by atoms with E-state index in [1.807, 2.05) is 60.7 Å². The van der Waals surface area contributed by atoms with Crippen molar-refractivity contribution < 1.29 is 9.59 Å². The van der Waals surface area contributed by atoms with Crippen molar-refractivity contribution >= 4 is 33.4 Å². The maximum atomic E-state index is 13.1. The van der Waals surface area contributed by atoms with Crippen LogP contribution < -0.4 is 11.1 Å². The number of primary amides is 1. The molecule has 2 atom stereocenters. The third-order valence-corrected chi connectivity index (χ3v) is 4.57. The van der Waals surface area contributed by atoms with Crippen molar-refractivity contribution in [1.82, 2.24) is 5.32 Å². The highest BCUT2D eigenvalue weighted by Gasteiger charge is 2.26. The summed E-state index contributed by atoms with van der Waals surface area (Å²) in [7, 11) is 0. The molecule has 0 aliphatic carbocycles. The molecule has 130 valence electrons. The normalized spacial score (nSPS) is 13.1. The van der Waals surface area contributed by atoms with E-state index in [4.69, 9.17) is 11.0 Å². The van der Waals surface area contributed by atoms with Gasteiger partial charge in [0.1, 0.15) is 6.04 Å². The number of rotatable bonds is 5. The van der Waals surface area contributed by atoms with E-state index >= 15 is 0 Å². The lowest BCUT2D eigenvalue weighted by atomic mass is 9.94. The second kappa shape index (κ2) is 7.24. The Morgan fingerprint density at radius 3 is 2.12 bits per heavy atom. The molecule has 0 bridgehead atoms. The first-order valence-corrected chi connectivity index (χ1v) is 8.40. The molecule has 0 saturated heterocycles. The molecule has 3 N–H and O–H groups in total. The van der Waals surface area contributed by atoms with E-state index < -0.39 is 11.9 Å². The van der Waals surface area contributed by atoms with Crippen LogP contribution in [-0.2, 0) is 4.79 Å². The molecule has 26 heavy (non-hydrogen) atoms. The van der Waals surface area contributed by atoms with Crippen molar-refractivity contribution in [1.29, 1.82) is 5.26 Å². The number of hydrogen-bond acceptors (Lipinski definition) is 3. The fourth-order valence-electron chi connectivity index (χ4n) is 3.23. The van der Waals surface area contributed by atoms with Gasteiger partial charge in [0.25, 0.3) is 5.91 Å². The van der Waals surface area contributed by atoms with Crippen LogP contribution in [0.5, 0.6) is 0 Å². The monoisotopic (exact) mass is 345 g/mol. The van der Waals surface area contributed by atoms with E-state index in [9.17, 15) is 9.59 Å². The highest BCUT2D eigenvalue weighted by Crippen LogP contribution is 2.28. The molecular formula is C21H19N3O2. The number of nitrogens with two attached hydrogens (primary N) is 1. The zero-order valence-corrected chi connectivity index (χ0v) is 14.4. The molecule has 0 aliphatic heterocycles. The van der Waals surface area contributed by atoms with Gasteiger partial charge in [-0.05, 0) is 33.5 Å². The molecule has 0 radical (unpaired) electrons. The average molecular weight is 345 g/mol. The molecule has 3 rings (SSSR count). The highest BCUT2D eigenvalue weighted by atomic mass is 16.2. The zero-order chi connectivity index (χ0) is 18.7. The summed E-state index contributed by atoms with van der Waals surface area (Å²) in [4.78, 5) is 24.9. The van der Waals surface area contributed by atoms with Gasteiger partial charge in [0.05, 0.1) is 11.6 Å². The van der Waals surface area contributed by atoms with Crippen molar-refractivity contribution in [2.24, 2.45) is 11.7 Å². The minimum atomic E-state index is -0.903. The number of carbonyl (C=O) groups excluding carboxylic acids is 2.